The van der Waals surface area contributed by atoms with E-state index in [-0.39, 0.29) is 29.6 Å². The molecule has 0 aliphatic rings. The molecule has 2 aromatic carbocycles. The fourth-order valence-corrected chi connectivity index (χ4v) is 2.31. The summed E-state index contributed by atoms with van der Waals surface area (Å²) in [6.07, 6.45) is 0.0382. The number of aliphatic hydroxyl groups excluding tert-OH is 1. The largest absolute Gasteiger partial charge is 0.392 e. The lowest BCUT2D eigenvalue weighted by molar-refractivity contribution is -0.384. The number of non-ortho nitro benzene ring substituents is 1. The van der Waals surface area contributed by atoms with Gasteiger partial charge in [0.1, 0.15) is 0 Å². The van der Waals surface area contributed by atoms with Crippen LogP contribution in [0.1, 0.15) is 16.7 Å². The van der Waals surface area contributed by atoms with Crippen molar-refractivity contribution in [3.05, 3.63) is 74.3 Å². The number of nitrogens with zero attached hydrogens (tertiary/aromatic N) is 1. The van der Waals surface area contributed by atoms with Gasteiger partial charge in [0, 0.05) is 18.7 Å². The van der Waals surface area contributed by atoms with Crippen molar-refractivity contribution >= 4 is 23.2 Å². The molecule has 0 spiro atoms. The molecule has 0 saturated carbocycles. The van der Waals surface area contributed by atoms with Crippen LogP contribution < -0.4 is 5.32 Å². The number of hydrogen-bond donors (Lipinski definition) is 2. The van der Waals surface area contributed by atoms with E-state index >= 15 is 0 Å². The predicted octanol–water partition coefficient (Wildman–Crippen LogP) is 2.60. The van der Waals surface area contributed by atoms with Crippen molar-refractivity contribution < 1.29 is 14.8 Å². The number of hydrogen-bond acceptors (Lipinski definition) is 4. The third-order valence-corrected chi connectivity index (χ3v) is 3.61. The van der Waals surface area contributed by atoms with Crippen molar-refractivity contribution in [3.8, 4) is 0 Å². The highest BCUT2D eigenvalue weighted by atomic mass is 35.5. The Morgan fingerprint density at radius 2 is 1.96 bits per heavy atom. The molecule has 0 fully saturated rings. The van der Waals surface area contributed by atoms with E-state index in [0.29, 0.717) is 12.1 Å². The molecule has 2 aromatic rings. The standard InChI is InChI=1S/C16H15ClN2O4/c17-15-8-14(19(22)23)5-4-13(15)7-16(21)18-9-11-2-1-3-12(6-11)10-20/h1-6,8,20H,7,9-10H2,(H,18,21). The van der Waals surface area contributed by atoms with Gasteiger partial charge in [0.05, 0.1) is 23.0 Å². The van der Waals surface area contributed by atoms with Crippen LogP contribution in [0.5, 0.6) is 0 Å². The minimum absolute atomic E-state index is 0.0382. The Balaban J connectivity index is 1.95. The van der Waals surface area contributed by atoms with E-state index in [4.69, 9.17) is 16.7 Å². The number of amides is 1. The molecule has 0 atom stereocenters. The van der Waals surface area contributed by atoms with Crippen molar-refractivity contribution in [1.82, 2.24) is 5.32 Å². The number of rotatable bonds is 6. The second kappa shape index (κ2) is 7.71. The third kappa shape index (κ3) is 4.77. The van der Waals surface area contributed by atoms with Gasteiger partial charge in [-0.2, -0.15) is 0 Å². The first-order chi connectivity index (χ1) is 11.0. The first-order valence-electron chi connectivity index (χ1n) is 6.88. The van der Waals surface area contributed by atoms with Crippen LogP contribution in [-0.2, 0) is 24.4 Å². The number of carbonyl (C=O) groups is 1. The summed E-state index contributed by atoms with van der Waals surface area (Å²) in [6, 6.07) is 11.3. The number of aliphatic hydroxyl groups is 1. The van der Waals surface area contributed by atoms with Gasteiger partial charge in [-0.05, 0) is 16.7 Å². The summed E-state index contributed by atoms with van der Waals surface area (Å²) in [4.78, 5) is 22.1. The van der Waals surface area contributed by atoms with Gasteiger partial charge in [0.15, 0.2) is 0 Å². The maximum atomic E-state index is 12.0. The molecule has 1 amide bonds. The Labute approximate surface area is 137 Å². The van der Waals surface area contributed by atoms with Crippen LogP contribution in [0.4, 0.5) is 5.69 Å². The molecule has 2 N–H and O–H groups in total. The monoisotopic (exact) mass is 334 g/mol. The topological polar surface area (TPSA) is 92.5 Å². The van der Waals surface area contributed by atoms with Gasteiger partial charge in [-0.15, -0.1) is 0 Å². The number of carbonyl (C=O) groups excluding carboxylic acids is 1. The Bertz CT molecular complexity index is 734. The van der Waals surface area contributed by atoms with Crippen molar-refractivity contribution in [2.75, 3.05) is 0 Å². The number of nitro groups is 1. The molecule has 7 heteroatoms. The van der Waals surface area contributed by atoms with E-state index in [1.807, 2.05) is 6.07 Å². The summed E-state index contributed by atoms with van der Waals surface area (Å²) < 4.78 is 0. The fraction of sp³-hybridized carbons (Fsp3) is 0.188. The predicted molar refractivity (Wildman–Crippen MR) is 86.0 cm³/mol. The van der Waals surface area contributed by atoms with Crippen molar-refractivity contribution in [3.63, 3.8) is 0 Å². The second-order valence-electron chi connectivity index (χ2n) is 4.96. The second-order valence-corrected chi connectivity index (χ2v) is 5.37. The molecule has 0 bridgehead atoms. The number of nitrogens with one attached hydrogen (secondary N) is 1. The lowest BCUT2D eigenvalue weighted by Crippen LogP contribution is -2.24. The molecule has 0 aliphatic heterocycles. The molecular formula is C16H15ClN2O4. The van der Waals surface area contributed by atoms with Gasteiger partial charge in [0.2, 0.25) is 5.91 Å². The van der Waals surface area contributed by atoms with Crippen molar-refractivity contribution in [2.24, 2.45) is 0 Å². The van der Waals surface area contributed by atoms with Crippen LogP contribution in [-0.4, -0.2) is 15.9 Å². The average molecular weight is 335 g/mol. The quantitative estimate of drug-likeness (QED) is 0.627. The summed E-state index contributed by atoms with van der Waals surface area (Å²) >= 11 is 5.96. The number of nitro benzene ring substituents is 1. The van der Waals surface area contributed by atoms with E-state index in [0.717, 1.165) is 11.1 Å². The van der Waals surface area contributed by atoms with E-state index in [2.05, 4.69) is 5.32 Å². The highest BCUT2D eigenvalue weighted by molar-refractivity contribution is 6.31. The molecule has 2 rings (SSSR count). The first kappa shape index (κ1) is 16.9. The Morgan fingerprint density at radius 3 is 2.61 bits per heavy atom. The normalized spacial score (nSPS) is 10.3. The lowest BCUT2D eigenvalue weighted by atomic mass is 10.1. The van der Waals surface area contributed by atoms with E-state index < -0.39 is 4.92 Å². The highest BCUT2D eigenvalue weighted by Gasteiger charge is 2.12. The minimum Gasteiger partial charge on any atom is -0.392 e. The minimum atomic E-state index is -0.538. The van der Waals surface area contributed by atoms with E-state index in [1.54, 1.807) is 18.2 Å². The van der Waals surface area contributed by atoms with Crippen LogP contribution in [0.2, 0.25) is 5.02 Å². The molecule has 0 aliphatic carbocycles. The fourth-order valence-electron chi connectivity index (χ4n) is 2.07. The maximum Gasteiger partial charge on any atom is 0.270 e. The third-order valence-electron chi connectivity index (χ3n) is 3.26. The average Bonchev–Trinajstić information content (AvgIpc) is 2.55. The molecule has 23 heavy (non-hydrogen) atoms. The van der Waals surface area contributed by atoms with Gasteiger partial charge in [-0.1, -0.05) is 41.9 Å². The van der Waals surface area contributed by atoms with Crippen LogP contribution in [0.3, 0.4) is 0 Å². The Morgan fingerprint density at radius 1 is 1.22 bits per heavy atom. The summed E-state index contributed by atoms with van der Waals surface area (Å²) in [7, 11) is 0. The summed E-state index contributed by atoms with van der Waals surface area (Å²) in [5.74, 6) is -0.241. The molecule has 120 valence electrons. The maximum absolute atomic E-state index is 12.0. The van der Waals surface area contributed by atoms with E-state index in [9.17, 15) is 14.9 Å². The molecule has 0 saturated heterocycles. The van der Waals surface area contributed by atoms with Crippen molar-refractivity contribution in [2.45, 2.75) is 19.6 Å². The zero-order valence-corrected chi connectivity index (χ0v) is 12.9. The Kier molecular flexibility index (Phi) is 5.67. The van der Waals surface area contributed by atoms with Gasteiger partial charge < -0.3 is 10.4 Å². The molecule has 0 radical (unpaired) electrons. The zero-order chi connectivity index (χ0) is 16.8. The van der Waals surface area contributed by atoms with Gasteiger partial charge in [0.25, 0.3) is 5.69 Å². The summed E-state index contributed by atoms with van der Waals surface area (Å²) in [5, 5.41) is 22.7. The van der Waals surface area contributed by atoms with Crippen LogP contribution in [0, 0.1) is 10.1 Å². The molecule has 0 heterocycles. The van der Waals surface area contributed by atoms with Crippen LogP contribution in [0.25, 0.3) is 0 Å². The van der Waals surface area contributed by atoms with Crippen LogP contribution in [0.15, 0.2) is 42.5 Å². The SMILES string of the molecule is O=C(Cc1ccc([N+](=O)[O-])cc1Cl)NCc1cccc(CO)c1. The molecular weight excluding hydrogens is 320 g/mol. The van der Waals surface area contributed by atoms with Gasteiger partial charge in [-0.25, -0.2) is 0 Å². The molecule has 0 aromatic heterocycles. The first-order valence-corrected chi connectivity index (χ1v) is 7.25. The molecule has 0 unspecified atom stereocenters. The molecule has 6 nitrogen and oxygen atoms in total. The Hall–Kier alpha value is -2.44. The number of benzene rings is 2. The van der Waals surface area contributed by atoms with E-state index in [1.165, 1.54) is 18.2 Å². The smallest absolute Gasteiger partial charge is 0.270 e. The summed E-state index contributed by atoms with van der Waals surface area (Å²) in [6.45, 7) is 0.275. The number of halogens is 1. The summed E-state index contributed by atoms with van der Waals surface area (Å²) in [5.41, 5.74) is 2.06. The van der Waals surface area contributed by atoms with Crippen molar-refractivity contribution in [1.29, 1.82) is 0 Å². The van der Waals surface area contributed by atoms with Crippen LogP contribution >= 0.6 is 11.6 Å². The van der Waals surface area contributed by atoms with Gasteiger partial charge in [-0.3, -0.25) is 14.9 Å². The highest BCUT2D eigenvalue weighted by Crippen LogP contribution is 2.22. The lowest BCUT2D eigenvalue weighted by Gasteiger charge is -2.08. The zero-order valence-electron chi connectivity index (χ0n) is 12.2. The van der Waals surface area contributed by atoms with Gasteiger partial charge >= 0.3 is 0 Å².